The van der Waals surface area contributed by atoms with E-state index in [0.717, 1.165) is 10.5 Å². The molecule has 0 saturated heterocycles. The SMILES string of the molecule is CC(O)c1cccc(SCCCOCC(F)(F)F)c1. The standard InChI is InChI=1S/C13H17F3O2S/c1-10(17)11-4-2-5-12(8-11)19-7-3-6-18-9-13(14,15)16/h2,4-5,8,10,17H,3,6-7,9H2,1H3. The van der Waals surface area contributed by atoms with Gasteiger partial charge in [-0.05, 0) is 31.0 Å². The van der Waals surface area contributed by atoms with Gasteiger partial charge in [-0.1, -0.05) is 12.1 Å². The first-order chi connectivity index (χ1) is 8.88. The van der Waals surface area contributed by atoms with Gasteiger partial charge in [-0.2, -0.15) is 13.2 Å². The average molecular weight is 294 g/mol. The van der Waals surface area contributed by atoms with Crippen LogP contribution in [0.25, 0.3) is 0 Å². The number of halogens is 3. The number of alkyl halides is 3. The molecule has 0 aliphatic heterocycles. The molecule has 0 aromatic heterocycles. The first kappa shape index (κ1) is 16.3. The largest absolute Gasteiger partial charge is 0.411 e. The molecule has 1 atom stereocenters. The summed E-state index contributed by atoms with van der Waals surface area (Å²) in [7, 11) is 0. The van der Waals surface area contributed by atoms with Crippen LogP contribution in [0.2, 0.25) is 0 Å². The summed E-state index contributed by atoms with van der Waals surface area (Å²) in [6, 6.07) is 7.48. The van der Waals surface area contributed by atoms with Gasteiger partial charge in [0, 0.05) is 17.3 Å². The third-order valence-corrected chi connectivity index (χ3v) is 3.39. The molecule has 1 unspecified atom stereocenters. The Morgan fingerprint density at radius 2 is 2.11 bits per heavy atom. The predicted molar refractivity (Wildman–Crippen MR) is 69.3 cm³/mol. The Morgan fingerprint density at radius 1 is 1.37 bits per heavy atom. The van der Waals surface area contributed by atoms with E-state index < -0.39 is 18.9 Å². The summed E-state index contributed by atoms with van der Waals surface area (Å²) in [5.74, 6) is 0.682. The van der Waals surface area contributed by atoms with Crippen LogP contribution in [0.3, 0.4) is 0 Å². The van der Waals surface area contributed by atoms with Crippen molar-refractivity contribution in [3.8, 4) is 0 Å². The van der Waals surface area contributed by atoms with Crippen molar-refractivity contribution >= 4 is 11.8 Å². The molecule has 6 heteroatoms. The number of aliphatic hydroxyl groups excluding tert-OH is 1. The Morgan fingerprint density at radius 3 is 2.74 bits per heavy atom. The summed E-state index contributed by atoms with van der Waals surface area (Å²) in [5, 5.41) is 9.43. The highest BCUT2D eigenvalue weighted by atomic mass is 32.2. The molecular weight excluding hydrogens is 277 g/mol. The molecule has 0 aliphatic rings. The van der Waals surface area contributed by atoms with Crippen molar-refractivity contribution in [2.24, 2.45) is 0 Å². The minimum atomic E-state index is -4.25. The summed E-state index contributed by atoms with van der Waals surface area (Å²) in [4.78, 5) is 0.995. The highest BCUT2D eigenvalue weighted by Crippen LogP contribution is 2.23. The van der Waals surface area contributed by atoms with E-state index in [-0.39, 0.29) is 6.61 Å². The van der Waals surface area contributed by atoms with Crippen LogP contribution in [0.1, 0.15) is 25.0 Å². The molecule has 0 aliphatic carbocycles. The van der Waals surface area contributed by atoms with Crippen LogP contribution < -0.4 is 0 Å². The smallest absolute Gasteiger partial charge is 0.389 e. The topological polar surface area (TPSA) is 29.5 Å². The molecule has 0 amide bonds. The molecule has 2 nitrogen and oxygen atoms in total. The number of benzene rings is 1. The van der Waals surface area contributed by atoms with Crippen LogP contribution in [-0.2, 0) is 4.74 Å². The fraction of sp³-hybridized carbons (Fsp3) is 0.538. The van der Waals surface area contributed by atoms with E-state index in [4.69, 9.17) is 0 Å². The lowest BCUT2D eigenvalue weighted by molar-refractivity contribution is -0.173. The molecule has 0 radical (unpaired) electrons. The molecule has 108 valence electrons. The molecule has 19 heavy (non-hydrogen) atoms. The summed E-state index contributed by atoms with van der Waals surface area (Å²) >= 11 is 1.54. The monoisotopic (exact) mass is 294 g/mol. The van der Waals surface area contributed by atoms with Crippen molar-refractivity contribution in [2.45, 2.75) is 30.5 Å². The zero-order valence-electron chi connectivity index (χ0n) is 10.6. The summed E-state index contributed by atoms with van der Waals surface area (Å²) < 4.78 is 39.9. The molecule has 1 aromatic carbocycles. The maximum Gasteiger partial charge on any atom is 0.411 e. The Balaban J connectivity index is 2.21. The zero-order valence-corrected chi connectivity index (χ0v) is 11.4. The molecule has 0 spiro atoms. The Bertz CT molecular complexity index is 380. The van der Waals surface area contributed by atoms with E-state index >= 15 is 0 Å². The molecule has 0 bridgehead atoms. The number of hydrogen-bond acceptors (Lipinski definition) is 3. The molecule has 1 N–H and O–H groups in total. The van der Waals surface area contributed by atoms with Gasteiger partial charge in [0.25, 0.3) is 0 Å². The zero-order chi connectivity index (χ0) is 14.3. The number of ether oxygens (including phenoxy) is 1. The summed E-state index contributed by atoms with van der Waals surface area (Å²) in [6.07, 6.45) is -4.21. The van der Waals surface area contributed by atoms with Gasteiger partial charge in [-0.15, -0.1) is 11.8 Å². The summed E-state index contributed by atoms with van der Waals surface area (Å²) in [5.41, 5.74) is 0.832. The van der Waals surface area contributed by atoms with Crippen LogP contribution in [0.4, 0.5) is 13.2 Å². The summed E-state index contributed by atoms with van der Waals surface area (Å²) in [6.45, 7) is 0.604. The third-order valence-electron chi connectivity index (χ3n) is 2.31. The van der Waals surface area contributed by atoms with Crippen molar-refractivity contribution in [1.29, 1.82) is 0 Å². The fourth-order valence-electron chi connectivity index (χ4n) is 1.40. The Kier molecular flexibility index (Phi) is 6.68. The molecule has 0 saturated carbocycles. The average Bonchev–Trinajstić information content (AvgIpc) is 2.32. The van der Waals surface area contributed by atoms with Gasteiger partial charge in [0.15, 0.2) is 0 Å². The first-order valence-electron chi connectivity index (χ1n) is 5.94. The molecule has 1 aromatic rings. The van der Waals surface area contributed by atoms with Gasteiger partial charge in [-0.25, -0.2) is 0 Å². The van der Waals surface area contributed by atoms with Crippen molar-refractivity contribution in [2.75, 3.05) is 19.0 Å². The fourth-order valence-corrected chi connectivity index (χ4v) is 2.30. The van der Waals surface area contributed by atoms with E-state index in [1.165, 1.54) is 11.8 Å². The van der Waals surface area contributed by atoms with Crippen molar-refractivity contribution < 1.29 is 23.0 Å². The normalized spacial score (nSPS) is 13.5. The molecule has 0 fully saturated rings. The number of rotatable bonds is 7. The molecular formula is C13H17F3O2S. The van der Waals surface area contributed by atoms with Gasteiger partial charge in [0.1, 0.15) is 6.61 Å². The van der Waals surface area contributed by atoms with Crippen LogP contribution in [0.5, 0.6) is 0 Å². The van der Waals surface area contributed by atoms with Gasteiger partial charge in [-0.3, -0.25) is 0 Å². The van der Waals surface area contributed by atoms with Crippen LogP contribution in [-0.4, -0.2) is 30.2 Å². The Hall–Kier alpha value is -0.720. The van der Waals surface area contributed by atoms with E-state index in [1.807, 2.05) is 24.3 Å². The Labute approximate surface area is 115 Å². The van der Waals surface area contributed by atoms with Gasteiger partial charge < -0.3 is 9.84 Å². The minimum Gasteiger partial charge on any atom is -0.389 e. The van der Waals surface area contributed by atoms with E-state index in [0.29, 0.717) is 12.2 Å². The maximum atomic E-state index is 11.8. The van der Waals surface area contributed by atoms with Crippen LogP contribution >= 0.6 is 11.8 Å². The van der Waals surface area contributed by atoms with Gasteiger partial charge >= 0.3 is 6.18 Å². The highest BCUT2D eigenvalue weighted by Gasteiger charge is 2.27. The molecule has 1 rings (SSSR count). The second-order valence-corrected chi connectivity index (χ2v) is 5.29. The highest BCUT2D eigenvalue weighted by molar-refractivity contribution is 7.99. The third kappa shape index (κ3) is 7.44. The molecule has 0 heterocycles. The van der Waals surface area contributed by atoms with Gasteiger partial charge in [0.2, 0.25) is 0 Å². The quantitative estimate of drug-likeness (QED) is 0.612. The van der Waals surface area contributed by atoms with Crippen molar-refractivity contribution in [3.63, 3.8) is 0 Å². The van der Waals surface area contributed by atoms with E-state index in [1.54, 1.807) is 6.92 Å². The number of aliphatic hydroxyl groups is 1. The van der Waals surface area contributed by atoms with Crippen LogP contribution in [0.15, 0.2) is 29.2 Å². The van der Waals surface area contributed by atoms with Crippen molar-refractivity contribution in [3.05, 3.63) is 29.8 Å². The number of hydrogen-bond donors (Lipinski definition) is 1. The van der Waals surface area contributed by atoms with Crippen molar-refractivity contribution in [1.82, 2.24) is 0 Å². The van der Waals surface area contributed by atoms with E-state index in [9.17, 15) is 18.3 Å². The van der Waals surface area contributed by atoms with Gasteiger partial charge in [0.05, 0.1) is 6.10 Å². The van der Waals surface area contributed by atoms with E-state index in [2.05, 4.69) is 4.74 Å². The lowest BCUT2D eigenvalue weighted by atomic mass is 10.1. The minimum absolute atomic E-state index is 0.0998. The lowest BCUT2D eigenvalue weighted by Gasteiger charge is -2.08. The second-order valence-electron chi connectivity index (χ2n) is 4.12. The lowest BCUT2D eigenvalue weighted by Crippen LogP contribution is -2.17. The second kappa shape index (κ2) is 7.77. The predicted octanol–water partition coefficient (Wildman–Crippen LogP) is 3.80. The van der Waals surface area contributed by atoms with Crippen LogP contribution in [0, 0.1) is 0 Å². The first-order valence-corrected chi connectivity index (χ1v) is 6.92. The number of thioether (sulfide) groups is 1. The maximum absolute atomic E-state index is 11.8.